The van der Waals surface area contributed by atoms with Crippen molar-refractivity contribution in [3.63, 3.8) is 0 Å². The Bertz CT molecular complexity index is 1800. The average Bonchev–Trinajstić information content (AvgIpc) is 3.53. The van der Waals surface area contributed by atoms with E-state index in [1.807, 2.05) is 5.38 Å². The first kappa shape index (κ1) is 33.4. The first-order valence-corrected chi connectivity index (χ1v) is 16.5. The second-order valence-electron chi connectivity index (χ2n) is 9.65. The van der Waals surface area contributed by atoms with Crippen molar-refractivity contribution in [2.45, 2.75) is 37.8 Å². The Morgan fingerprint density at radius 3 is 2.44 bits per heavy atom. The molecular formula is C31H33N3O9S2. The number of aromatic amines is 1. The summed E-state index contributed by atoms with van der Waals surface area (Å²) in [5.41, 5.74) is 0.264. The van der Waals surface area contributed by atoms with Crippen LogP contribution in [0.25, 0.3) is 10.9 Å². The van der Waals surface area contributed by atoms with Crippen LogP contribution in [0.4, 0.5) is 0 Å². The van der Waals surface area contributed by atoms with E-state index in [1.54, 1.807) is 44.2 Å². The van der Waals surface area contributed by atoms with Crippen LogP contribution in [-0.4, -0.2) is 62.5 Å². The molecule has 1 atom stereocenters. The van der Waals surface area contributed by atoms with E-state index >= 15 is 0 Å². The van der Waals surface area contributed by atoms with Gasteiger partial charge in [-0.3, -0.25) is 19.2 Å². The Morgan fingerprint density at radius 1 is 0.956 bits per heavy atom. The van der Waals surface area contributed by atoms with Gasteiger partial charge in [0, 0.05) is 22.0 Å². The summed E-state index contributed by atoms with van der Waals surface area (Å²) in [7, 11) is -4.38. The zero-order chi connectivity index (χ0) is 32.4. The predicted molar refractivity (Wildman–Crippen MR) is 167 cm³/mol. The minimum Gasteiger partial charge on any atom is -0.493 e. The second-order valence-corrected chi connectivity index (χ2v) is 12.4. The highest BCUT2D eigenvalue weighted by Crippen LogP contribution is 2.30. The number of hydrogen-bond acceptors (Lipinski definition) is 10. The van der Waals surface area contributed by atoms with Crippen LogP contribution in [0.1, 0.15) is 36.8 Å². The summed E-state index contributed by atoms with van der Waals surface area (Å²) in [4.78, 5) is 55.0. The molecule has 12 nitrogen and oxygen atoms in total. The number of para-hydroxylation sites is 1. The van der Waals surface area contributed by atoms with Gasteiger partial charge < -0.3 is 24.1 Å². The van der Waals surface area contributed by atoms with Crippen molar-refractivity contribution in [3.05, 3.63) is 92.9 Å². The summed E-state index contributed by atoms with van der Waals surface area (Å²) in [6, 6.07) is 15.3. The molecule has 0 aliphatic rings. The standard InChI is InChI=1S/C31H33N3O9S2/c1-3-41-28(36)15-16-43-26-10-6-5-9-24(26)30(31(38)34(20-29(37)42-4-2)19-22-8-7-17-44-22)33-45(39,40)23-12-13-25-21(18-23)11-14-27(35)32-25/h5-14,17-18,30,33H,3-4,15-16,19-20H2,1-2H3,(H,32,35)/t30-/m0/s1. The highest BCUT2D eigenvalue weighted by molar-refractivity contribution is 7.89. The quantitative estimate of drug-likeness (QED) is 0.183. The van der Waals surface area contributed by atoms with Crippen LogP contribution in [0.2, 0.25) is 0 Å². The molecule has 0 fully saturated rings. The number of H-pyrrole nitrogens is 1. The van der Waals surface area contributed by atoms with Crippen molar-refractivity contribution >= 4 is 50.1 Å². The maximum Gasteiger partial charge on any atom is 0.325 e. The summed E-state index contributed by atoms with van der Waals surface area (Å²) < 4.78 is 46.1. The molecule has 0 aliphatic heterocycles. The van der Waals surface area contributed by atoms with E-state index in [9.17, 15) is 27.6 Å². The third-order valence-electron chi connectivity index (χ3n) is 6.49. The molecule has 0 bridgehead atoms. The summed E-state index contributed by atoms with van der Waals surface area (Å²) in [6.45, 7) is 3.13. The maximum atomic E-state index is 14.3. The monoisotopic (exact) mass is 655 g/mol. The molecule has 2 heterocycles. The molecule has 0 aliphatic carbocycles. The number of hydrogen-bond donors (Lipinski definition) is 2. The summed E-state index contributed by atoms with van der Waals surface area (Å²) >= 11 is 1.37. The number of pyridine rings is 1. The van der Waals surface area contributed by atoms with Gasteiger partial charge in [-0.05, 0) is 61.0 Å². The number of benzene rings is 2. The molecule has 45 heavy (non-hydrogen) atoms. The minimum atomic E-state index is -4.38. The maximum absolute atomic E-state index is 14.3. The Balaban J connectivity index is 1.74. The topological polar surface area (TPSA) is 161 Å². The van der Waals surface area contributed by atoms with Crippen molar-refractivity contribution in [2.75, 3.05) is 26.4 Å². The third-order valence-corrected chi connectivity index (χ3v) is 8.77. The summed E-state index contributed by atoms with van der Waals surface area (Å²) in [5.74, 6) is -1.71. The summed E-state index contributed by atoms with van der Waals surface area (Å²) in [5, 5.41) is 2.28. The molecule has 238 valence electrons. The molecule has 0 saturated carbocycles. The molecule has 2 aromatic heterocycles. The Labute approximate surface area is 264 Å². The van der Waals surface area contributed by atoms with Crippen LogP contribution < -0.4 is 15.0 Å². The fraction of sp³-hybridized carbons (Fsp3) is 0.290. The highest BCUT2D eigenvalue weighted by Gasteiger charge is 2.34. The fourth-order valence-corrected chi connectivity index (χ4v) is 6.37. The van der Waals surface area contributed by atoms with Crippen LogP contribution in [0, 0.1) is 0 Å². The molecule has 1 amide bonds. The number of nitrogens with one attached hydrogen (secondary N) is 2. The van der Waals surface area contributed by atoms with E-state index in [1.165, 1.54) is 52.6 Å². The smallest absolute Gasteiger partial charge is 0.325 e. The first-order valence-electron chi connectivity index (χ1n) is 14.1. The van der Waals surface area contributed by atoms with Crippen molar-refractivity contribution in [1.82, 2.24) is 14.6 Å². The van der Waals surface area contributed by atoms with Gasteiger partial charge in [0.2, 0.25) is 21.5 Å². The molecule has 14 heteroatoms. The lowest BCUT2D eigenvalue weighted by molar-refractivity contribution is -0.149. The Morgan fingerprint density at radius 2 is 1.71 bits per heavy atom. The third kappa shape index (κ3) is 9.00. The number of nitrogens with zero attached hydrogens (tertiary/aromatic N) is 1. The van der Waals surface area contributed by atoms with Gasteiger partial charge in [-0.15, -0.1) is 11.3 Å². The van der Waals surface area contributed by atoms with E-state index < -0.39 is 40.5 Å². The molecule has 0 radical (unpaired) electrons. The van der Waals surface area contributed by atoms with Gasteiger partial charge in [-0.1, -0.05) is 24.3 Å². The Kier molecular flexibility index (Phi) is 11.5. The number of carbonyl (C=O) groups excluding carboxylic acids is 3. The molecule has 4 rings (SSSR count). The number of fused-ring (bicyclic) bond motifs is 1. The van der Waals surface area contributed by atoms with Crippen molar-refractivity contribution in [1.29, 1.82) is 0 Å². The van der Waals surface area contributed by atoms with Gasteiger partial charge in [0.05, 0.1) is 37.7 Å². The number of sulfonamides is 1. The lowest BCUT2D eigenvalue weighted by Gasteiger charge is -2.28. The number of ether oxygens (including phenoxy) is 3. The summed E-state index contributed by atoms with van der Waals surface area (Å²) in [6.07, 6.45) is -0.0704. The lowest BCUT2D eigenvalue weighted by Crippen LogP contribution is -2.44. The van der Waals surface area contributed by atoms with E-state index in [0.29, 0.717) is 10.9 Å². The second kappa shape index (κ2) is 15.5. The van der Waals surface area contributed by atoms with Gasteiger partial charge in [0.15, 0.2) is 0 Å². The van der Waals surface area contributed by atoms with Crippen molar-refractivity contribution < 1.29 is 37.0 Å². The minimum absolute atomic E-state index is 0.0166. The number of thiophene rings is 1. The van der Waals surface area contributed by atoms with Crippen LogP contribution in [0.15, 0.2) is 81.8 Å². The van der Waals surface area contributed by atoms with Gasteiger partial charge in [-0.25, -0.2) is 8.42 Å². The predicted octanol–water partition coefficient (Wildman–Crippen LogP) is 3.53. The van der Waals surface area contributed by atoms with Gasteiger partial charge in [0.25, 0.3) is 0 Å². The van der Waals surface area contributed by atoms with Gasteiger partial charge in [0.1, 0.15) is 18.3 Å². The molecule has 2 N–H and O–H groups in total. The Hall–Kier alpha value is -4.53. The molecular weight excluding hydrogens is 622 g/mol. The zero-order valence-electron chi connectivity index (χ0n) is 24.7. The van der Waals surface area contributed by atoms with Crippen LogP contribution >= 0.6 is 11.3 Å². The van der Waals surface area contributed by atoms with E-state index in [0.717, 1.165) is 4.88 Å². The normalized spacial score (nSPS) is 12.0. The van der Waals surface area contributed by atoms with E-state index in [-0.39, 0.29) is 54.6 Å². The molecule has 2 aromatic carbocycles. The van der Waals surface area contributed by atoms with Crippen LogP contribution in [0.5, 0.6) is 5.75 Å². The average molecular weight is 656 g/mol. The molecule has 4 aromatic rings. The molecule has 0 saturated heterocycles. The zero-order valence-corrected chi connectivity index (χ0v) is 26.3. The van der Waals surface area contributed by atoms with Crippen molar-refractivity contribution in [3.8, 4) is 5.75 Å². The molecule has 0 unspecified atom stereocenters. The lowest BCUT2D eigenvalue weighted by atomic mass is 10.0. The number of esters is 2. The highest BCUT2D eigenvalue weighted by atomic mass is 32.2. The number of carbonyl (C=O) groups is 3. The van der Waals surface area contributed by atoms with E-state index in [4.69, 9.17) is 14.2 Å². The number of amides is 1. The number of aromatic nitrogens is 1. The molecule has 0 spiro atoms. The first-order chi connectivity index (χ1) is 21.6. The van der Waals surface area contributed by atoms with Gasteiger partial charge >= 0.3 is 11.9 Å². The van der Waals surface area contributed by atoms with Crippen LogP contribution in [0.3, 0.4) is 0 Å². The number of rotatable bonds is 15. The van der Waals surface area contributed by atoms with Gasteiger partial charge in [-0.2, -0.15) is 4.72 Å². The van der Waals surface area contributed by atoms with Crippen LogP contribution in [-0.2, 0) is 40.4 Å². The SMILES string of the molecule is CCOC(=O)CCOc1ccccc1[C@H](NS(=O)(=O)c1ccc2[nH]c(=O)ccc2c1)C(=O)N(CC(=O)OCC)Cc1cccs1. The van der Waals surface area contributed by atoms with E-state index in [2.05, 4.69) is 9.71 Å². The van der Waals surface area contributed by atoms with Crippen molar-refractivity contribution in [2.24, 2.45) is 0 Å². The fourth-order valence-electron chi connectivity index (χ4n) is 4.45. The largest absolute Gasteiger partial charge is 0.493 e.